The van der Waals surface area contributed by atoms with Crippen molar-refractivity contribution in [2.75, 3.05) is 0 Å². The van der Waals surface area contributed by atoms with Crippen LogP contribution in [0, 0.1) is 5.82 Å². The van der Waals surface area contributed by atoms with E-state index in [0.29, 0.717) is 5.56 Å². The van der Waals surface area contributed by atoms with Crippen LogP contribution in [0.5, 0.6) is 0 Å². The molecule has 0 aliphatic heterocycles. The molecular weight excluding hydrogens is 197 g/mol. The van der Waals surface area contributed by atoms with Crippen LogP contribution in [-0.2, 0) is 10.2 Å². The molecule has 4 heteroatoms. The van der Waals surface area contributed by atoms with Gasteiger partial charge in [-0.1, -0.05) is 26.0 Å². The van der Waals surface area contributed by atoms with Gasteiger partial charge in [0.2, 0.25) is 0 Å². The van der Waals surface area contributed by atoms with Gasteiger partial charge in [0.15, 0.2) is 0 Å². The third-order valence-corrected chi connectivity index (χ3v) is 2.61. The number of nitrogens with two attached hydrogens (primary N) is 1. The van der Waals surface area contributed by atoms with Crippen molar-refractivity contribution in [3.63, 3.8) is 0 Å². The highest BCUT2D eigenvalue weighted by atomic mass is 19.1. The third kappa shape index (κ3) is 2.33. The highest BCUT2D eigenvalue weighted by Gasteiger charge is 2.33. The normalized spacial score (nSPS) is 13.6. The SMILES string of the molecule is CC(C)(c1cccc(F)c1)C(N)C(=O)O. The van der Waals surface area contributed by atoms with Crippen LogP contribution in [-0.4, -0.2) is 17.1 Å². The van der Waals surface area contributed by atoms with Crippen molar-refractivity contribution >= 4 is 5.97 Å². The van der Waals surface area contributed by atoms with Crippen LogP contribution in [0.25, 0.3) is 0 Å². The van der Waals surface area contributed by atoms with E-state index in [9.17, 15) is 9.18 Å². The van der Waals surface area contributed by atoms with Crippen LogP contribution in [0.1, 0.15) is 19.4 Å². The molecule has 1 unspecified atom stereocenters. The van der Waals surface area contributed by atoms with Gasteiger partial charge < -0.3 is 10.8 Å². The predicted octanol–water partition coefficient (Wildman–Crippen LogP) is 1.52. The lowest BCUT2D eigenvalue weighted by Gasteiger charge is -2.29. The number of carboxylic acid groups (broad SMARTS) is 1. The number of hydrogen-bond acceptors (Lipinski definition) is 2. The zero-order chi connectivity index (χ0) is 11.6. The van der Waals surface area contributed by atoms with Crippen LogP contribution < -0.4 is 5.73 Å². The summed E-state index contributed by atoms with van der Waals surface area (Å²) in [6, 6.07) is 4.78. The molecular formula is C11H14FNO2. The molecule has 0 bridgehead atoms. The van der Waals surface area contributed by atoms with Crippen LogP contribution in [0.3, 0.4) is 0 Å². The summed E-state index contributed by atoms with van der Waals surface area (Å²) in [5.74, 6) is -1.48. The molecule has 1 aromatic carbocycles. The number of carbonyl (C=O) groups is 1. The van der Waals surface area contributed by atoms with Gasteiger partial charge >= 0.3 is 5.97 Å². The molecule has 0 spiro atoms. The van der Waals surface area contributed by atoms with Gasteiger partial charge in [-0.3, -0.25) is 4.79 Å². The highest BCUT2D eigenvalue weighted by molar-refractivity contribution is 5.75. The molecule has 82 valence electrons. The Bertz CT molecular complexity index is 377. The summed E-state index contributed by atoms with van der Waals surface area (Å²) >= 11 is 0. The van der Waals surface area contributed by atoms with Crippen LogP contribution in [0.2, 0.25) is 0 Å². The fraction of sp³-hybridized carbons (Fsp3) is 0.364. The molecule has 3 N–H and O–H groups in total. The Kier molecular flexibility index (Phi) is 3.09. The smallest absolute Gasteiger partial charge is 0.321 e. The van der Waals surface area contributed by atoms with Crippen LogP contribution in [0.4, 0.5) is 4.39 Å². The number of aliphatic carboxylic acids is 1. The summed E-state index contributed by atoms with van der Waals surface area (Å²) in [7, 11) is 0. The molecule has 15 heavy (non-hydrogen) atoms. The van der Waals surface area contributed by atoms with Gasteiger partial charge in [-0.2, -0.15) is 0 Å². The first-order valence-corrected chi connectivity index (χ1v) is 4.60. The van der Waals surface area contributed by atoms with Crippen LogP contribution >= 0.6 is 0 Å². The minimum atomic E-state index is -1.09. The van der Waals surface area contributed by atoms with E-state index in [1.807, 2.05) is 0 Å². The first-order valence-electron chi connectivity index (χ1n) is 4.60. The maximum Gasteiger partial charge on any atom is 0.321 e. The Hall–Kier alpha value is -1.42. The molecule has 0 saturated heterocycles. The number of benzene rings is 1. The lowest BCUT2D eigenvalue weighted by molar-refractivity contribution is -0.140. The molecule has 1 aromatic rings. The summed E-state index contributed by atoms with van der Waals surface area (Å²) in [6.45, 7) is 3.36. The monoisotopic (exact) mass is 211 g/mol. The summed E-state index contributed by atoms with van der Waals surface area (Å²) < 4.78 is 13.0. The molecule has 0 radical (unpaired) electrons. The van der Waals surface area contributed by atoms with E-state index in [-0.39, 0.29) is 0 Å². The summed E-state index contributed by atoms with van der Waals surface area (Å²) in [4.78, 5) is 10.8. The molecule has 0 saturated carbocycles. The standard InChI is InChI=1S/C11H14FNO2/c1-11(2,9(13)10(14)15)7-4-3-5-8(12)6-7/h3-6,9H,13H2,1-2H3,(H,14,15). The van der Waals surface area contributed by atoms with Crippen molar-refractivity contribution in [1.29, 1.82) is 0 Å². The van der Waals surface area contributed by atoms with Gasteiger partial charge in [0.05, 0.1) is 0 Å². The number of rotatable bonds is 3. The molecule has 0 aromatic heterocycles. The fourth-order valence-electron chi connectivity index (χ4n) is 1.38. The Morgan fingerprint density at radius 1 is 1.53 bits per heavy atom. The Morgan fingerprint density at radius 2 is 2.13 bits per heavy atom. The van der Waals surface area contributed by atoms with Gasteiger partial charge in [-0.05, 0) is 17.7 Å². The molecule has 0 heterocycles. The maximum absolute atomic E-state index is 13.0. The second kappa shape index (κ2) is 3.98. The molecule has 0 aliphatic carbocycles. The third-order valence-electron chi connectivity index (χ3n) is 2.61. The average Bonchev–Trinajstić information content (AvgIpc) is 2.16. The van der Waals surface area contributed by atoms with Gasteiger partial charge in [-0.25, -0.2) is 4.39 Å². The topological polar surface area (TPSA) is 63.3 Å². The predicted molar refractivity (Wildman–Crippen MR) is 55.0 cm³/mol. The fourth-order valence-corrected chi connectivity index (χ4v) is 1.38. The second-order valence-electron chi connectivity index (χ2n) is 4.05. The Morgan fingerprint density at radius 3 is 2.60 bits per heavy atom. The molecule has 1 rings (SSSR count). The number of hydrogen-bond donors (Lipinski definition) is 2. The van der Waals surface area contributed by atoms with E-state index in [0.717, 1.165) is 0 Å². The van der Waals surface area contributed by atoms with Crippen molar-refractivity contribution in [3.8, 4) is 0 Å². The largest absolute Gasteiger partial charge is 0.480 e. The Balaban J connectivity index is 3.10. The van der Waals surface area contributed by atoms with Gasteiger partial charge in [-0.15, -0.1) is 0 Å². The molecule has 0 aliphatic rings. The molecule has 1 atom stereocenters. The van der Waals surface area contributed by atoms with Crippen LogP contribution in [0.15, 0.2) is 24.3 Å². The van der Waals surface area contributed by atoms with Crippen molar-refractivity contribution in [2.45, 2.75) is 25.3 Å². The summed E-state index contributed by atoms with van der Waals surface area (Å²) in [5, 5.41) is 8.83. The number of carboxylic acids is 1. The summed E-state index contributed by atoms with van der Waals surface area (Å²) in [6.07, 6.45) is 0. The number of halogens is 1. The van der Waals surface area contributed by atoms with Crippen molar-refractivity contribution < 1.29 is 14.3 Å². The molecule has 0 amide bonds. The van der Waals surface area contributed by atoms with E-state index >= 15 is 0 Å². The zero-order valence-electron chi connectivity index (χ0n) is 8.70. The second-order valence-corrected chi connectivity index (χ2v) is 4.05. The minimum absolute atomic E-state index is 0.391. The van der Waals surface area contributed by atoms with Crippen molar-refractivity contribution in [3.05, 3.63) is 35.6 Å². The quantitative estimate of drug-likeness (QED) is 0.796. The van der Waals surface area contributed by atoms with Gasteiger partial charge in [0.1, 0.15) is 11.9 Å². The zero-order valence-corrected chi connectivity index (χ0v) is 8.70. The van der Waals surface area contributed by atoms with E-state index in [1.165, 1.54) is 12.1 Å². The van der Waals surface area contributed by atoms with Gasteiger partial charge in [0, 0.05) is 5.41 Å². The average molecular weight is 211 g/mol. The maximum atomic E-state index is 13.0. The molecule has 3 nitrogen and oxygen atoms in total. The van der Waals surface area contributed by atoms with E-state index in [1.54, 1.807) is 26.0 Å². The van der Waals surface area contributed by atoms with Crippen molar-refractivity contribution in [2.24, 2.45) is 5.73 Å². The summed E-state index contributed by atoms with van der Waals surface area (Å²) in [5.41, 5.74) is 5.34. The Labute approximate surface area is 87.7 Å². The first-order chi connectivity index (χ1) is 6.85. The van der Waals surface area contributed by atoms with E-state index in [2.05, 4.69) is 0 Å². The minimum Gasteiger partial charge on any atom is -0.480 e. The molecule has 0 fully saturated rings. The van der Waals surface area contributed by atoms with E-state index < -0.39 is 23.2 Å². The highest BCUT2D eigenvalue weighted by Crippen LogP contribution is 2.26. The first kappa shape index (κ1) is 11.7. The van der Waals surface area contributed by atoms with E-state index in [4.69, 9.17) is 10.8 Å². The lowest BCUT2D eigenvalue weighted by atomic mass is 9.78. The van der Waals surface area contributed by atoms with Gasteiger partial charge in [0.25, 0.3) is 0 Å². The van der Waals surface area contributed by atoms with Crippen molar-refractivity contribution in [1.82, 2.24) is 0 Å². The lowest BCUT2D eigenvalue weighted by Crippen LogP contribution is -2.46.